The van der Waals surface area contributed by atoms with Crippen molar-refractivity contribution in [2.45, 2.75) is 25.3 Å². The minimum Gasteiger partial charge on any atom is -0.484 e. The van der Waals surface area contributed by atoms with E-state index in [0.717, 1.165) is 13.0 Å². The summed E-state index contributed by atoms with van der Waals surface area (Å²) in [4.78, 5) is 10.5. The average Bonchev–Trinajstić information content (AvgIpc) is 2.38. The van der Waals surface area contributed by atoms with E-state index in [4.69, 9.17) is 4.74 Å². The van der Waals surface area contributed by atoms with E-state index in [1.807, 2.05) is 0 Å². The molecule has 0 amide bonds. The van der Waals surface area contributed by atoms with Crippen LogP contribution in [-0.4, -0.2) is 24.1 Å². The summed E-state index contributed by atoms with van der Waals surface area (Å²) in [6, 6.07) is 5.12. The lowest BCUT2D eigenvalue weighted by atomic mass is 10.1. The highest BCUT2D eigenvalue weighted by Gasteiger charge is 2.20. The van der Waals surface area contributed by atoms with Gasteiger partial charge in [-0.25, -0.2) is 0 Å². The van der Waals surface area contributed by atoms with Gasteiger partial charge in [0.2, 0.25) is 5.75 Å². The van der Waals surface area contributed by atoms with Crippen LogP contribution in [-0.2, 0) is 0 Å². The number of ether oxygens (including phenoxy) is 1. The Morgan fingerprint density at radius 2 is 2.26 bits per heavy atom. The molecule has 0 aliphatic carbocycles. The smallest absolute Gasteiger partial charge is 0.312 e. The number of hydrogen-bond donors (Lipinski definition) is 1. The van der Waals surface area contributed by atoms with Gasteiger partial charge in [-0.1, -0.05) is 12.5 Å². The first-order chi connectivity index (χ1) is 8.68. The fourth-order valence-electron chi connectivity index (χ4n) is 2.03. The third-order valence-electron chi connectivity index (χ3n) is 2.98. The Kier molecular flexibility index (Phi) is 6.54. The third kappa shape index (κ3) is 4.33. The Morgan fingerprint density at radius 1 is 1.47 bits per heavy atom. The largest absolute Gasteiger partial charge is 0.484 e. The van der Waals surface area contributed by atoms with Gasteiger partial charge in [0.25, 0.3) is 0 Å². The van der Waals surface area contributed by atoms with Gasteiger partial charge in [-0.2, -0.15) is 0 Å². The molecule has 1 heterocycles. The number of rotatable bonds is 4. The number of hydrogen-bond acceptors (Lipinski definition) is 4. The number of halogens is 2. The molecular formula is C12H16BrClN2O3. The van der Waals surface area contributed by atoms with Gasteiger partial charge < -0.3 is 10.1 Å². The minimum atomic E-state index is -0.422. The number of nitrogens with zero attached hydrogens (tertiary/aromatic N) is 1. The average molecular weight is 352 g/mol. The Bertz CT molecular complexity index is 439. The molecule has 19 heavy (non-hydrogen) atoms. The normalized spacial score (nSPS) is 18.5. The van der Waals surface area contributed by atoms with Crippen LogP contribution in [0.2, 0.25) is 0 Å². The molecule has 0 radical (unpaired) electrons. The van der Waals surface area contributed by atoms with Crippen LogP contribution < -0.4 is 10.1 Å². The van der Waals surface area contributed by atoms with Crippen molar-refractivity contribution in [3.05, 3.63) is 32.8 Å². The van der Waals surface area contributed by atoms with E-state index in [1.165, 1.54) is 18.9 Å². The topological polar surface area (TPSA) is 64.4 Å². The zero-order valence-electron chi connectivity index (χ0n) is 10.3. The van der Waals surface area contributed by atoms with Crippen LogP contribution in [0.4, 0.5) is 5.69 Å². The van der Waals surface area contributed by atoms with Crippen LogP contribution in [0, 0.1) is 10.1 Å². The summed E-state index contributed by atoms with van der Waals surface area (Å²) in [5, 5.41) is 14.3. The predicted octanol–water partition coefficient (Wildman–Crippen LogP) is 3.30. The Labute approximate surface area is 126 Å². The predicted molar refractivity (Wildman–Crippen MR) is 79.2 cm³/mol. The maximum atomic E-state index is 10.9. The second-order valence-electron chi connectivity index (χ2n) is 4.30. The molecule has 7 heteroatoms. The van der Waals surface area contributed by atoms with E-state index >= 15 is 0 Å². The Hall–Kier alpha value is -0.850. The fraction of sp³-hybridized carbons (Fsp3) is 0.500. The number of nitro benzene ring substituents is 1. The number of para-hydroxylation sites is 1. The van der Waals surface area contributed by atoms with E-state index in [2.05, 4.69) is 21.2 Å². The van der Waals surface area contributed by atoms with Crippen LogP contribution in [0.1, 0.15) is 19.3 Å². The van der Waals surface area contributed by atoms with Crippen molar-refractivity contribution >= 4 is 34.0 Å². The van der Waals surface area contributed by atoms with Gasteiger partial charge in [0.1, 0.15) is 6.61 Å². The van der Waals surface area contributed by atoms with Gasteiger partial charge in [-0.3, -0.25) is 10.1 Å². The number of nitro groups is 1. The minimum absolute atomic E-state index is 0. The standard InChI is InChI=1S/C12H15BrN2O3.ClH/c13-10-5-3-6-11(15(16)17)12(10)18-8-9-4-1-2-7-14-9;/h3,5-6,9,14H,1-2,4,7-8H2;1H. The maximum Gasteiger partial charge on any atom is 0.312 e. The van der Waals surface area contributed by atoms with E-state index in [-0.39, 0.29) is 24.1 Å². The van der Waals surface area contributed by atoms with Crippen molar-refractivity contribution in [3.8, 4) is 5.75 Å². The molecule has 1 aliphatic rings. The first-order valence-corrected chi connectivity index (χ1v) is 6.77. The first-order valence-electron chi connectivity index (χ1n) is 5.97. The van der Waals surface area contributed by atoms with Gasteiger partial charge in [-0.15, -0.1) is 12.4 Å². The fourth-order valence-corrected chi connectivity index (χ4v) is 2.50. The molecule has 0 spiro atoms. The van der Waals surface area contributed by atoms with Crippen LogP contribution in [0.5, 0.6) is 5.75 Å². The molecule has 1 fully saturated rings. The summed E-state index contributed by atoms with van der Waals surface area (Å²) >= 11 is 3.29. The monoisotopic (exact) mass is 350 g/mol. The third-order valence-corrected chi connectivity index (χ3v) is 3.61. The number of nitrogens with one attached hydrogen (secondary N) is 1. The summed E-state index contributed by atoms with van der Waals surface area (Å²) < 4.78 is 6.24. The van der Waals surface area contributed by atoms with Gasteiger partial charge in [0, 0.05) is 12.1 Å². The number of benzene rings is 1. The Morgan fingerprint density at radius 3 is 2.89 bits per heavy atom. The van der Waals surface area contributed by atoms with Crippen molar-refractivity contribution in [1.29, 1.82) is 0 Å². The van der Waals surface area contributed by atoms with Crippen LogP contribution >= 0.6 is 28.3 Å². The molecule has 1 aliphatic heterocycles. The molecule has 1 saturated heterocycles. The summed E-state index contributed by atoms with van der Waals surface area (Å²) in [5.74, 6) is 0.315. The summed E-state index contributed by atoms with van der Waals surface area (Å²) in [7, 11) is 0. The molecule has 1 aromatic rings. The molecule has 106 valence electrons. The van der Waals surface area contributed by atoms with Crippen molar-refractivity contribution in [2.75, 3.05) is 13.2 Å². The lowest BCUT2D eigenvalue weighted by Crippen LogP contribution is -2.38. The summed E-state index contributed by atoms with van der Waals surface area (Å²) in [6.45, 7) is 1.45. The number of piperidine rings is 1. The maximum absolute atomic E-state index is 10.9. The van der Waals surface area contributed by atoms with Gasteiger partial charge >= 0.3 is 5.69 Å². The van der Waals surface area contributed by atoms with Gasteiger partial charge in [-0.05, 0) is 41.4 Å². The first kappa shape index (κ1) is 16.2. The summed E-state index contributed by atoms with van der Waals surface area (Å²) in [5.41, 5.74) is 0.000171. The van der Waals surface area contributed by atoms with Crippen molar-refractivity contribution in [3.63, 3.8) is 0 Å². The lowest BCUT2D eigenvalue weighted by molar-refractivity contribution is -0.386. The molecule has 0 aromatic heterocycles. The molecular weight excluding hydrogens is 336 g/mol. The molecule has 5 nitrogen and oxygen atoms in total. The lowest BCUT2D eigenvalue weighted by Gasteiger charge is -2.23. The van der Waals surface area contributed by atoms with E-state index < -0.39 is 4.92 Å². The van der Waals surface area contributed by atoms with Crippen molar-refractivity contribution < 1.29 is 9.66 Å². The van der Waals surface area contributed by atoms with E-state index in [1.54, 1.807) is 12.1 Å². The van der Waals surface area contributed by atoms with Gasteiger partial charge in [0.05, 0.1) is 9.40 Å². The van der Waals surface area contributed by atoms with Crippen LogP contribution in [0.25, 0.3) is 0 Å². The van der Waals surface area contributed by atoms with Crippen LogP contribution in [0.3, 0.4) is 0 Å². The molecule has 1 N–H and O–H groups in total. The van der Waals surface area contributed by atoms with Crippen molar-refractivity contribution in [2.24, 2.45) is 0 Å². The quantitative estimate of drug-likeness (QED) is 0.668. The second kappa shape index (κ2) is 7.67. The van der Waals surface area contributed by atoms with E-state index in [0.29, 0.717) is 16.8 Å². The molecule has 2 rings (SSSR count). The van der Waals surface area contributed by atoms with Gasteiger partial charge in [0.15, 0.2) is 0 Å². The second-order valence-corrected chi connectivity index (χ2v) is 5.16. The molecule has 0 bridgehead atoms. The summed E-state index contributed by atoms with van der Waals surface area (Å²) in [6.07, 6.45) is 3.42. The zero-order valence-corrected chi connectivity index (χ0v) is 12.7. The molecule has 1 unspecified atom stereocenters. The molecule has 1 aromatic carbocycles. The van der Waals surface area contributed by atoms with Crippen LogP contribution in [0.15, 0.2) is 22.7 Å². The van der Waals surface area contributed by atoms with E-state index in [9.17, 15) is 10.1 Å². The molecule has 0 saturated carbocycles. The highest BCUT2D eigenvalue weighted by molar-refractivity contribution is 9.10. The zero-order chi connectivity index (χ0) is 13.0. The molecule has 1 atom stereocenters. The highest BCUT2D eigenvalue weighted by Crippen LogP contribution is 2.34. The Balaban J connectivity index is 0.00000180. The highest BCUT2D eigenvalue weighted by atomic mass is 79.9. The van der Waals surface area contributed by atoms with Crippen molar-refractivity contribution in [1.82, 2.24) is 5.32 Å². The SMILES string of the molecule is Cl.O=[N+]([O-])c1cccc(Br)c1OCC1CCCCN1.